The fourth-order valence-electron chi connectivity index (χ4n) is 1.71. The number of carbonyl (C=O) groups is 1. The molecule has 0 saturated heterocycles. The first kappa shape index (κ1) is 17.5. The molecule has 1 amide bonds. The van der Waals surface area contributed by atoms with Gasteiger partial charge in [0.05, 0.1) is 6.61 Å². The van der Waals surface area contributed by atoms with Gasteiger partial charge in [0.1, 0.15) is 0 Å². The maximum Gasteiger partial charge on any atom is 0.471 e. The van der Waals surface area contributed by atoms with E-state index in [1.165, 1.54) is 12.1 Å². The van der Waals surface area contributed by atoms with Crippen LogP contribution in [0.1, 0.15) is 19.4 Å². The lowest BCUT2D eigenvalue weighted by Gasteiger charge is -2.25. The van der Waals surface area contributed by atoms with Gasteiger partial charge in [0.25, 0.3) is 0 Å². The third-order valence-corrected chi connectivity index (χ3v) is 2.72. The van der Waals surface area contributed by atoms with Gasteiger partial charge in [-0.15, -0.1) is 0 Å². The highest BCUT2D eigenvalue weighted by Crippen LogP contribution is 2.19. The van der Waals surface area contributed by atoms with E-state index in [2.05, 4.69) is 5.32 Å². The SMILES string of the molecule is COCC(C)(C)NCc1cccc(NC(=O)C(F)(F)F)c1. The molecule has 7 heteroatoms. The lowest BCUT2D eigenvalue weighted by molar-refractivity contribution is -0.167. The quantitative estimate of drug-likeness (QED) is 0.849. The summed E-state index contributed by atoms with van der Waals surface area (Å²) < 4.78 is 41.6. The highest BCUT2D eigenvalue weighted by molar-refractivity contribution is 5.94. The van der Waals surface area contributed by atoms with E-state index in [-0.39, 0.29) is 11.2 Å². The number of hydrogen-bond donors (Lipinski definition) is 2. The Balaban J connectivity index is 2.67. The second-order valence-electron chi connectivity index (χ2n) is 5.32. The number of carbonyl (C=O) groups excluding carboxylic acids is 1. The second kappa shape index (κ2) is 6.91. The van der Waals surface area contributed by atoms with Gasteiger partial charge in [-0.05, 0) is 31.5 Å². The Hall–Kier alpha value is -1.60. The number of hydrogen-bond acceptors (Lipinski definition) is 3. The summed E-state index contributed by atoms with van der Waals surface area (Å²) in [6, 6.07) is 6.26. The summed E-state index contributed by atoms with van der Waals surface area (Å²) >= 11 is 0. The molecule has 0 heterocycles. The maximum absolute atomic E-state index is 12.2. The van der Waals surface area contributed by atoms with Crippen LogP contribution in [0.2, 0.25) is 0 Å². The molecule has 0 aliphatic rings. The molecule has 0 fully saturated rings. The Bertz CT molecular complexity index is 487. The van der Waals surface area contributed by atoms with Crippen molar-refractivity contribution in [2.24, 2.45) is 0 Å². The van der Waals surface area contributed by atoms with E-state index >= 15 is 0 Å². The number of rotatable bonds is 6. The molecule has 0 bridgehead atoms. The topological polar surface area (TPSA) is 50.4 Å². The van der Waals surface area contributed by atoms with E-state index in [9.17, 15) is 18.0 Å². The van der Waals surface area contributed by atoms with Gasteiger partial charge in [0.15, 0.2) is 0 Å². The van der Waals surface area contributed by atoms with Gasteiger partial charge in [0.2, 0.25) is 0 Å². The monoisotopic (exact) mass is 304 g/mol. The molecular formula is C14H19F3N2O2. The number of amides is 1. The van der Waals surface area contributed by atoms with Crippen molar-refractivity contribution < 1.29 is 22.7 Å². The first-order valence-corrected chi connectivity index (χ1v) is 6.35. The van der Waals surface area contributed by atoms with Crippen molar-refractivity contribution in [3.63, 3.8) is 0 Å². The zero-order valence-electron chi connectivity index (χ0n) is 12.2. The number of nitrogens with one attached hydrogen (secondary N) is 2. The summed E-state index contributed by atoms with van der Waals surface area (Å²) in [6.07, 6.45) is -4.89. The fraction of sp³-hybridized carbons (Fsp3) is 0.500. The number of methoxy groups -OCH3 is 1. The molecule has 0 radical (unpaired) electrons. The fourth-order valence-corrected chi connectivity index (χ4v) is 1.71. The normalized spacial score (nSPS) is 12.3. The van der Waals surface area contributed by atoms with Crippen LogP contribution in [-0.2, 0) is 16.1 Å². The first-order valence-electron chi connectivity index (χ1n) is 6.35. The molecule has 0 aromatic heterocycles. The van der Waals surface area contributed by atoms with Gasteiger partial charge >= 0.3 is 12.1 Å². The molecule has 0 atom stereocenters. The summed E-state index contributed by atoms with van der Waals surface area (Å²) in [5.41, 5.74) is 0.611. The van der Waals surface area contributed by atoms with Gasteiger partial charge in [-0.25, -0.2) is 0 Å². The third-order valence-electron chi connectivity index (χ3n) is 2.72. The molecule has 2 N–H and O–H groups in total. The van der Waals surface area contributed by atoms with Crippen molar-refractivity contribution >= 4 is 11.6 Å². The molecule has 1 aromatic carbocycles. The Kier molecular flexibility index (Phi) is 5.74. The summed E-state index contributed by atoms with van der Waals surface area (Å²) in [5.74, 6) is -1.98. The number of alkyl halides is 3. The molecular weight excluding hydrogens is 285 g/mol. The molecule has 118 valence electrons. The number of benzene rings is 1. The lowest BCUT2D eigenvalue weighted by atomic mass is 10.1. The van der Waals surface area contributed by atoms with Crippen LogP contribution in [0, 0.1) is 0 Å². The number of halogens is 3. The van der Waals surface area contributed by atoms with Crippen LogP contribution in [0.25, 0.3) is 0 Å². The van der Waals surface area contributed by atoms with Crippen molar-refractivity contribution in [2.75, 3.05) is 19.0 Å². The third kappa shape index (κ3) is 6.14. The van der Waals surface area contributed by atoms with Gasteiger partial charge in [-0.3, -0.25) is 4.79 Å². The first-order chi connectivity index (χ1) is 9.64. The summed E-state index contributed by atoms with van der Waals surface area (Å²) in [6.45, 7) is 4.85. The molecule has 21 heavy (non-hydrogen) atoms. The molecule has 0 aliphatic heterocycles. The average Bonchev–Trinajstić information content (AvgIpc) is 2.36. The minimum absolute atomic E-state index is 0.112. The molecule has 4 nitrogen and oxygen atoms in total. The van der Waals surface area contributed by atoms with E-state index in [4.69, 9.17) is 4.74 Å². The lowest BCUT2D eigenvalue weighted by Crippen LogP contribution is -2.42. The smallest absolute Gasteiger partial charge is 0.383 e. The second-order valence-corrected chi connectivity index (χ2v) is 5.32. The van der Waals surface area contributed by atoms with Crippen molar-refractivity contribution in [2.45, 2.75) is 32.1 Å². The van der Waals surface area contributed by atoms with Gasteiger partial charge in [0, 0.05) is 24.9 Å². The van der Waals surface area contributed by atoms with Crippen molar-refractivity contribution in [1.29, 1.82) is 0 Å². The predicted molar refractivity (Wildman–Crippen MR) is 73.9 cm³/mol. The van der Waals surface area contributed by atoms with Crippen LogP contribution in [0.4, 0.5) is 18.9 Å². The van der Waals surface area contributed by atoms with Crippen LogP contribution >= 0.6 is 0 Å². The number of anilines is 1. The largest absolute Gasteiger partial charge is 0.471 e. The van der Waals surface area contributed by atoms with Gasteiger partial charge in [-0.2, -0.15) is 13.2 Å². The zero-order valence-corrected chi connectivity index (χ0v) is 12.2. The van der Waals surface area contributed by atoms with E-state index in [0.29, 0.717) is 13.2 Å². The Morgan fingerprint density at radius 3 is 2.52 bits per heavy atom. The summed E-state index contributed by atoms with van der Waals surface area (Å²) in [7, 11) is 1.59. The van der Waals surface area contributed by atoms with Crippen LogP contribution in [-0.4, -0.2) is 31.3 Å². The van der Waals surface area contributed by atoms with E-state index in [1.807, 2.05) is 19.2 Å². The minimum Gasteiger partial charge on any atom is -0.383 e. The van der Waals surface area contributed by atoms with Crippen molar-refractivity contribution in [3.05, 3.63) is 29.8 Å². The molecule has 1 aromatic rings. The van der Waals surface area contributed by atoms with Crippen LogP contribution in [0.3, 0.4) is 0 Å². The van der Waals surface area contributed by atoms with E-state index < -0.39 is 12.1 Å². The standard InChI is InChI=1S/C14H19F3N2O2/c1-13(2,9-21-3)18-8-10-5-4-6-11(7-10)19-12(20)14(15,16)17/h4-7,18H,8-9H2,1-3H3,(H,19,20). The molecule has 0 aliphatic carbocycles. The molecule has 0 saturated carbocycles. The average molecular weight is 304 g/mol. The van der Waals surface area contributed by atoms with Crippen LogP contribution < -0.4 is 10.6 Å². The highest BCUT2D eigenvalue weighted by atomic mass is 19.4. The van der Waals surface area contributed by atoms with Crippen molar-refractivity contribution in [1.82, 2.24) is 5.32 Å². The highest BCUT2D eigenvalue weighted by Gasteiger charge is 2.38. The molecule has 0 spiro atoms. The van der Waals surface area contributed by atoms with Crippen LogP contribution in [0.15, 0.2) is 24.3 Å². The van der Waals surface area contributed by atoms with E-state index in [1.54, 1.807) is 19.2 Å². The predicted octanol–water partition coefficient (Wildman–Crippen LogP) is 2.70. The minimum atomic E-state index is -4.89. The summed E-state index contributed by atoms with van der Waals surface area (Å²) in [4.78, 5) is 10.9. The Labute approximate surface area is 121 Å². The number of ether oxygens (including phenoxy) is 1. The Morgan fingerprint density at radius 1 is 1.29 bits per heavy atom. The molecule has 1 rings (SSSR count). The zero-order chi connectivity index (χ0) is 16.1. The Morgan fingerprint density at radius 2 is 1.95 bits per heavy atom. The van der Waals surface area contributed by atoms with Crippen molar-refractivity contribution in [3.8, 4) is 0 Å². The van der Waals surface area contributed by atoms with Crippen LogP contribution in [0.5, 0.6) is 0 Å². The van der Waals surface area contributed by atoms with Gasteiger partial charge in [-0.1, -0.05) is 12.1 Å². The van der Waals surface area contributed by atoms with E-state index in [0.717, 1.165) is 5.56 Å². The maximum atomic E-state index is 12.2. The summed E-state index contributed by atoms with van der Waals surface area (Å²) in [5, 5.41) is 5.06. The van der Waals surface area contributed by atoms with Gasteiger partial charge < -0.3 is 15.4 Å². The molecule has 0 unspecified atom stereocenters.